The van der Waals surface area contributed by atoms with Gasteiger partial charge in [0.2, 0.25) is 0 Å². The molecule has 0 saturated carbocycles. The minimum atomic E-state index is -1.19. The molecule has 5 aromatic rings. The van der Waals surface area contributed by atoms with Crippen molar-refractivity contribution in [1.29, 1.82) is 0 Å². The number of furan rings is 1. The zero-order chi connectivity index (χ0) is 26.1. The average Bonchev–Trinajstić information content (AvgIpc) is 3.20. The molecule has 0 bridgehead atoms. The molecule has 6 heteroatoms. The molecule has 0 amide bonds. The van der Waals surface area contributed by atoms with Crippen LogP contribution in [-0.4, -0.2) is 20.6 Å². The number of hydrogen-bond acceptors (Lipinski definition) is 4. The molecule has 2 aromatic heterocycles. The van der Waals surface area contributed by atoms with Gasteiger partial charge in [0, 0.05) is 11.9 Å². The largest absolute Gasteiger partial charge is 0.477 e. The minimum absolute atomic E-state index is 0.0478. The van der Waals surface area contributed by atoms with E-state index in [1.165, 1.54) is 11.1 Å². The third-order valence-electron chi connectivity index (χ3n) is 6.59. The number of allylic oxidation sites excluding steroid dienone is 4. The van der Waals surface area contributed by atoms with Crippen LogP contribution in [0.1, 0.15) is 44.0 Å². The molecule has 2 heterocycles. The van der Waals surface area contributed by atoms with Gasteiger partial charge in [-0.1, -0.05) is 65.8 Å². The van der Waals surface area contributed by atoms with Gasteiger partial charge in [-0.05, 0) is 57.4 Å². The first-order chi connectivity index (χ1) is 17.8. The molecule has 5 rings (SSSR count). The number of carbonyl (C=O) groups is 1. The SMILES string of the molecule is CC(C)=CCC/C(C)=C/Cn1c2ccccc2nc2c(C(=O)O)c3oc(=O)c(-c4ccccc4)c3cc21. The molecule has 0 aliphatic rings. The van der Waals surface area contributed by atoms with Crippen LogP contribution in [0.25, 0.3) is 44.2 Å². The number of para-hydroxylation sites is 2. The highest BCUT2D eigenvalue weighted by Gasteiger charge is 2.25. The number of nitrogens with zero attached hydrogens (tertiary/aromatic N) is 2. The van der Waals surface area contributed by atoms with Crippen LogP contribution in [0.5, 0.6) is 0 Å². The highest BCUT2D eigenvalue weighted by Crippen LogP contribution is 2.35. The number of hydrogen-bond donors (Lipinski definition) is 1. The number of benzene rings is 3. The van der Waals surface area contributed by atoms with E-state index in [2.05, 4.69) is 37.5 Å². The van der Waals surface area contributed by atoms with E-state index in [9.17, 15) is 14.7 Å². The monoisotopic (exact) mass is 492 g/mol. The van der Waals surface area contributed by atoms with Crippen molar-refractivity contribution in [3.8, 4) is 11.1 Å². The fraction of sp³-hybridized carbons (Fsp3) is 0.194. The number of carboxylic acid groups (broad SMARTS) is 1. The van der Waals surface area contributed by atoms with Crippen LogP contribution in [0.4, 0.5) is 0 Å². The van der Waals surface area contributed by atoms with E-state index < -0.39 is 11.6 Å². The lowest BCUT2D eigenvalue weighted by Crippen LogP contribution is -2.07. The average molecular weight is 493 g/mol. The smallest absolute Gasteiger partial charge is 0.344 e. The normalized spacial score (nSPS) is 11.9. The maximum absolute atomic E-state index is 13.0. The van der Waals surface area contributed by atoms with Gasteiger partial charge < -0.3 is 14.1 Å². The maximum Gasteiger partial charge on any atom is 0.344 e. The summed E-state index contributed by atoms with van der Waals surface area (Å²) in [4.78, 5) is 30.2. The van der Waals surface area contributed by atoms with Crippen molar-refractivity contribution in [2.45, 2.75) is 40.2 Å². The van der Waals surface area contributed by atoms with E-state index in [4.69, 9.17) is 9.40 Å². The Kier molecular flexibility index (Phi) is 6.49. The molecule has 186 valence electrons. The lowest BCUT2D eigenvalue weighted by molar-refractivity contribution is 0.0699. The van der Waals surface area contributed by atoms with Gasteiger partial charge in [0.15, 0.2) is 5.58 Å². The minimum Gasteiger partial charge on any atom is -0.477 e. The van der Waals surface area contributed by atoms with Crippen LogP contribution in [0.3, 0.4) is 0 Å². The van der Waals surface area contributed by atoms with Crippen LogP contribution in [0, 0.1) is 0 Å². The first-order valence-corrected chi connectivity index (χ1v) is 12.3. The third kappa shape index (κ3) is 4.58. The maximum atomic E-state index is 13.0. The second-order valence-corrected chi connectivity index (χ2v) is 9.51. The van der Waals surface area contributed by atoms with Gasteiger partial charge in [0.25, 0.3) is 0 Å². The van der Waals surface area contributed by atoms with E-state index in [1.807, 2.05) is 60.7 Å². The summed E-state index contributed by atoms with van der Waals surface area (Å²) in [5.41, 5.74) is 5.44. The highest BCUT2D eigenvalue weighted by molar-refractivity contribution is 6.16. The van der Waals surface area contributed by atoms with E-state index in [1.54, 1.807) is 0 Å². The molecular weight excluding hydrogens is 464 g/mol. The number of rotatable bonds is 7. The Morgan fingerprint density at radius 3 is 2.46 bits per heavy atom. The van der Waals surface area contributed by atoms with E-state index in [0.29, 0.717) is 39.6 Å². The molecule has 37 heavy (non-hydrogen) atoms. The standard InChI is InChI=1S/C31H28N2O4/c1-19(2)10-9-11-20(3)16-17-33-24-15-8-7-14-23(24)32-28-25(33)18-22-26(21-12-5-4-6-13-21)31(36)37-29(22)27(28)30(34)35/h4-8,10,12-16,18H,9,11,17H2,1-3H3,(H,34,35)/b20-16+. The van der Waals surface area contributed by atoms with Gasteiger partial charge in [-0.3, -0.25) is 0 Å². The quantitative estimate of drug-likeness (QED) is 0.190. The van der Waals surface area contributed by atoms with Gasteiger partial charge in [0.05, 0.1) is 22.1 Å². The first-order valence-electron chi connectivity index (χ1n) is 12.3. The van der Waals surface area contributed by atoms with Crippen LogP contribution in [0.2, 0.25) is 0 Å². The summed E-state index contributed by atoms with van der Waals surface area (Å²) in [7, 11) is 0. The summed E-state index contributed by atoms with van der Waals surface area (Å²) in [5.74, 6) is -1.19. The van der Waals surface area contributed by atoms with Gasteiger partial charge in [-0.15, -0.1) is 0 Å². The fourth-order valence-electron chi connectivity index (χ4n) is 4.75. The lowest BCUT2D eigenvalue weighted by Gasteiger charge is -2.15. The van der Waals surface area contributed by atoms with Gasteiger partial charge >= 0.3 is 11.6 Å². The van der Waals surface area contributed by atoms with E-state index in [0.717, 1.165) is 18.4 Å². The fourth-order valence-corrected chi connectivity index (χ4v) is 4.75. The molecule has 6 nitrogen and oxygen atoms in total. The van der Waals surface area contributed by atoms with Crippen LogP contribution in [0.15, 0.2) is 93.2 Å². The molecule has 0 aliphatic heterocycles. The second-order valence-electron chi connectivity index (χ2n) is 9.51. The van der Waals surface area contributed by atoms with Crippen LogP contribution < -0.4 is 5.63 Å². The summed E-state index contributed by atoms with van der Waals surface area (Å²) in [6.45, 7) is 6.84. The lowest BCUT2D eigenvalue weighted by atomic mass is 10.0. The summed E-state index contributed by atoms with van der Waals surface area (Å²) in [6, 6.07) is 18.7. The second kappa shape index (κ2) is 9.90. The molecule has 0 fully saturated rings. The van der Waals surface area contributed by atoms with Crippen molar-refractivity contribution < 1.29 is 14.3 Å². The molecule has 0 radical (unpaired) electrons. The molecular formula is C31H28N2O4. The van der Waals surface area contributed by atoms with Crippen LogP contribution in [-0.2, 0) is 6.54 Å². The topological polar surface area (TPSA) is 85.3 Å². The molecule has 1 N–H and O–H groups in total. The van der Waals surface area contributed by atoms with Crippen molar-refractivity contribution >= 4 is 39.0 Å². The summed E-state index contributed by atoms with van der Waals surface area (Å²) >= 11 is 0. The molecule has 0 spiro atoms. The van der Waals surface area contributed by atoms with Crippen molar-refractivity contribution in [3.05, 3.63) is 99.9 Å². The summed E-state index contributed by atoms with van der Waals surface area (Å²) in [5, 5.41) is 10.7. The van der Waals surface area contributed by atoms with Crippen molar-refractivity contribution in [2.75, 3.05) is 0 Å². The Balaban J connectivity index is 1.80. The van der Waals surface area contributed by atoms with Crippen molar-refractivity contribution in [3.63, 3.8) is 0 Å². The summed E-state index contributed by atoms with van der Waals surface area (Å²) < 4.78 is 7.63. The Hall–Kier alpha value is -4.45. The Morgan fingerprint density at radius 2 is 1.73 bits per heavy atom. The third-order valence-corrected chi connectivity index (χ3v) is 6.59. The molecule has 0 unspecified atom stereocenters. The Bertz CT molecular complexity index is 1770. The molecule has 0 atom stereocenters. The molecule has 0 aliphatic carbocycles. The van der Waals surface area contributed by atoms with Crippen LogP contribution >= 0.6 is 0 Å². The van der Waals surface area contributed by atoms with Crippen molar-refractivity contribution in [1.82, 2.24) is 9.55 Å². The number of carboxylic acids is 1. The number of aromatic carboxylic acids is 1. The van der Waals surface area contributed by atoms with Crippen molar-refractivity contribution in [2.24, 2.45) is 0 Å². The Labute approximate surface area is 214 Å². The van der Waals surface area contributed by atoms with Gasteiger partial charge in [-0.2, -0.15) is 0 Å². The zero-order valence-electron chi connectivity index (χ0n) is 21.1. The first kappa shape index (κ1) is 24.3. The number of fused-ring (bicyclic) bond motifs is 3. The molecule has 3 aromatic carbocycles. The predicted molar refractivity (Wildman–Crippen MR) is 148 cm³/mol. The number of aromatic nitrogens is 2. The molecule has 0 saturated heterocycles. The van der Waals surface area contributed by atoms with E-state index in [-0.39, 0.29) is 11.1 Å². The summed E-state index contributed by atoms with van der Waals surface area (Å²) in [6.07, 6.45) is 6.30. The van der Waals surface area contributed by atoms with Gasteiger partial charge in [-0.25, -0.2) is 14.6 Å². The highest BCUT2D eigenvalue weighted by atomic mass is 16.4. The Morgan fingerprint density at radius 1 is 1.00 bits per heavy atom. The predicted octanol–water partition coefficient (Wildman–Crippen LogP) is 7.35. The van der Waals surface area contributed by atoms with Gasteiger partial charge in [0.1, 0.15) is 11.1 Å². The van der Waals surface area contributed by atoms with E-state index >= 15 is 0 Å². The zero-order valence-corrected chi connectivity index (χ0v) is 21.1.